The van der Waals surface area contributed by atoms with E-state index >= 15 is 0 Å². The molecule has 0 radical (unpaired) electrons. The maximum absolute atomic E-state index is 6.10. The fraction of sp³-hybridized carbons (Fsp3) is 0.273. The number of aryl methyl sites for hydroxylation is 1. The maximum Gasteiger partial charge on any atom is 0.0507 e. The lowest BCUT2D eigenvalue weighted by Gasteiger charge is -2.01. The molecule has 0 aliphatic heterocycles. The molecule has 0 spiro atoms. The number of rotatable bonds is 3. The Balaban J connectivity index is 2.83. The average molecular weight is 196 g/mol. The molecule has 0 aromatic heterocycles. The number of halogens is 1. The smallest absolute Gasteiger partial charge is 0.0507 e. The molecule has 0 bridgehead atoms. The lowest BCUT2D eigenvalue weighted by Crippen LogP contribution is -2.03. The summed E-state index contributed by atoms with van der Waals surface area (Å²) in [5.41, 5.74) is 2.20. The monoisotopic (exact) mass is 195 g/mol. The lowest BCUT2D eigenvalue weighted by atomic mass is 10.1. The van der Waals surface area contributed by atoms with Crippen molar-refractivity contribution in [1.82, 2.24) is 5.32 Å². The molecule has 0 saturated carbocycles. The van der Waals surface area contributed by atoms with Gasteiger partial charge in [-0.1, -0.05) is 42.0 Å². The summed E-state index contributed by atoms with van der Waals surface area (Å²) in [6.45, 7) is 2.88. The van der Waals surface area contributed by atoms with Crippen molar-refractivity contribution in [2.24, 2.45) is 0 Å². The van der Waals surface area contributed by atoms with Gasteiger partial charge in [0.15, 0.2) is 0 Å². The third kappa shape index (κ3) is 2.87. The Morgan fingerprint density at radius 1 is 1.46 bits per heavy atom. The molecule has 0 amide bonds. The van der Waals surface area contributed by atoms with Gasteiger partial charge in [-0.3, -0.25) is 0 Å². The Labute approximate surface area is 84.4 Å². The van der Waals surface area contributed by atoms with Crippen LogP contribution < -0.4 is 5.32 Å². The maximum atomic E-state index is 6.10. The van der Waals surface area contributed by atoms with Crippen molar-refractivity contribution in [1.29, 1.82) is 0 Å². The first kappa shape index (κ1) is 10.3. The van der Waals surface area contributed by atoms with Gasteiger partial charge in [-0.2, -0.15) is 0 Å². The molecule has 0 aliphatic carbocycles. The highest BCUT2D eigenvalue weighted by Gasteiger charge is 1.97. The SMILES string of the molecule is CNCC=Cc1cccc(C)c1Cl. The largest absolute Gasteiger partial charge is 0.316 e. The molecule has 1 nitrogen and oxygen atoms in total. The van der Waals surface area contributed by atoms with Crippen LogP contribution in [-0.4, -0.2) is 13.6 Å². The van der Waals surface area contributed by atoms with Crippen LogP contribution in [0.1, 0.15) is 11.1 Å². The van der Waals surface area contributed by atoms with Crippen LogP contribution in [-0.2, 0) is 0 Å². The summed E-state index contributed by atoms with van der Waals surface area (Å²) in [5, 5.41) is 3.88. The first-order valence-electron chi connectivity index (χ1n) is 4.32. The molecule has 0 aliphatic rings. The summed E-state index contributed by atoms with van der Waals surface area (Å²) in [7, 11) is 1.92. The lowest BCUT2D eigenvalue weighted by molar-refractivity contribution is 0.922. The third-order valence-corrected chi connectivity index (χ3v) is 2.36. The molecular weight excluding hydrogens is 182 g/mol. The number of nitrogens with one attached hydrogen (secondary N) is 1. The van der Waals surface area contributed by atoms with E-state index in [-0.39, 0.29) is 0 Å². The summed E-state index contributed by atoms with van der Waals surface area (Å²) in [4.78, 5) is 0. The van der Waals surface area contributed by atoms with E-state index in [1.54, 1.807) is 0 Å². The predicted octanol–water partition coefficient (Wildman–Crippen LogP) is 2.88. The zero-order valence-corrected chi connectivity index (χ0v) is 8.73. The van der Waals surface area contributed by atoms with Crippen LogP contribution in [0.3, 0.4) is 0 Å². The molecule has 1 aromatic rings. The third-order valence-electron chi connectivity index (χ3n) is 1.84. The zero-order valence-electron chi connectivity index (χ0n) is 7.97. The highest BCUT2D eigenvalue weighted by atomic mass is 35.5. The Morgan fingerprint density at radius 2 is 2.23 bits per heavy atom. The highest BCUT2D eigenvalue weighted by Crippen LogP contribution is 2.21. The van der Waals surface area contributed by atoms with Crippen LogP contribution in [0, 0.1) is 6.92 Å². The zero-order chi connectivity index (χ0) is 9.68. The van der Waals surface area contributed by atoms with E-state index in [0.29, 0.717) is 0 Å². The van der Waals surface area contributed by atoms with Crippen molar-refractivity contribution in [3.8, 4) is 0 Å². The van der Waals surface area contributed by atoms with E-state index < -0.39 is 0 Å². The highest BCUT2D eigenvalue weighted by molar-refractivity contribution is 6.32. The van der Waals surface area contributed by atoms with Gasteiger partial charge in [0.05, 0.1) is 5.02 Å². The number of hydrogen-bond donors (Lipinski definition) is 1. The molecule has 0 unspecified atom stereocenters. The Kier molecular flexibility index (Phi) is 4.00. The van der Waals surface area contributed by atoms with E-state index in [2.05, 4.69) is 11.4 Å². The van der Waals surface area contributed by atoms with Gasteiger partial charge in [0.25, 0.3) is 0 Å². The minimum Gasteiger partial charge on any atom is -0.316 e. The topological polar surface area (TPSA) is 12.0 Å². The standard InChI is InChI=1S/C11H14ClN/c1-9-5-3-6-10(11(9)12)7-4-8-13-2/h3-7,13H,8H2,1-2H3. The number of hydrogen-bond acceptors (Lipinski definition) is 1. The van der Waals surface area contributed by atoms with Gasteiger partial charge in [-0.25, -0.2) is 0 Å². The van der Waals surface area contributed by atoms with Crippen molar-refractivity contribution in [3.63, 3.8) is 0 Å². The summed E-state index contributed by atoms with van der Waals surface area (Å²) >= 11 is 6.10. The Hall–Kier alpha value is -0.790. The van der Waals surface area contributed by atoms with Crippen molar-refractivity contribution in [2.75, 3.05) is 13.6 Å². The van der Waals surface area contributed by atoms with Gasteiger partial charge in [-0.05, 0) is 25.1 Å². The van der Waals surface area contributed by atoms with Crippen LogP contribution in [0.2, 0.25) is 5.02 Å². The second-order valence-electron chi connectivity index (χ2n) is 2.94. The fourth-order valence-corrected chi connectivity index (χ4v) is 1.29. The minimum atomic E-state index is 0.842. The van der Waals surface area contributed by atoms with Gasteiger partial charge >= 0.3 is 0 Å². The van der Waals surface area contributed by atoms with E-state index in [1.165, 1.54) is 0 Å². The first-order valence-corrected chi connectivity index (χ1v) is 4.69. The second-order valence-corrected chi connectivity index (χ2v) is 3.32. The van der Waals surface area contributed by atoms with Gasteiger partial charge in [-0.15, -0.1) is 0 Å². The molecule has 1 aromatic carbocycles. The van der Waals surface area contributed by atoms with Crippen molar-refractivity contribution < 1.29 is 0 Å². The molecule has 1 rings (SSSR count). The van der Waals surface area contributed by atoms with Gasteiger partial charge in [0.1, 0.15) is 0 Å². The minimum absolute atomic E-state index is 0.842. The van der Waals surface area contributed by atoms with Crippen LogP contribution in [0.15, 0.2) is 24.3 Å². The van der Waals surface area contributed by atoms with E-state index in [0.717, 1.165) is 22.7 Å². The molecular formula is C11H14ClN. The molecule has 0 atom stereocenters. The van der Waals surface area contributed by atoms with E-state index in [4.69, 9.17) is 11.6 Å². The molecule has 13 heavy (non-hydrogen) atoms. The van der Waals surface area contributed by atoms with Gasteiger partial charge in [0, 0.05) is 6.54 Å². The molecule has 1 N–H and O–H groups in total. The first-order chi connectivity index (χ1) is 6.25. The van der Waals surface area contributed by atoms with Gasteiger partial charge < -0.3 is 5.32 Å². The van der Waals surface area contributed by atoms with Crippen molar-refractivity contribution in [2.45, 2.75) is 6.92 Å². The fourth-order valence-electron chi connectivity index (χ4n) is 1.10. The van der Waals surface area contributed by atoms with Crippen LogP contribution >= 0.6 is 11.6 Å². The molecule has 70 valence electrons. The Bertz CT molecular complexity index is 305. The number of likely N-dealkylation sites (N-methyl/N-ethyl adjacent to an activating group) is 1. The molecule has 0 fully saturated rings. The summed E-state index contributed by atoms with van der Waals surface area (Å²) < 4.78 is 0. The quantitative estimate of drug-likeness (QED) is 0.782. The number of benzene rings is 1. The van der Waals surface area contributed by atoms with E-state index in [1.807, 2.05) is 38.2 Å². The van der Waals surface area contributed by atoms with Crippen LogP contribution in [0.4, 0.5) is 0 Å². The van der Waals surface area contributed by atoms with E-state index in [9.17, 15) is 0 Å². The Morgan fingerprint density at radius 3 is 2.92 bits per heavy atom. The van der Waals surface area contributed by atoms with Crippen LogP contribution in [0.5, 0.6) is 0 Å². The van der Waals surface area contributed by atoms with Gasteiger partial charge in [0.2, 0.25) is 0 Å². The normalized spacial score (nSPS) is 11.0. The summed E-state index contributed by atoms with van der Waals surface area (Å²) in [6, 6.07) is 6.04. The van der Waals surface area contributed by atoms with Crippen molar-refractivity contribution in [3.05, 3.63) is 40.4 Å². The molecule has 0 heterocycles. The molecule has 2 heteroatoms. The van der Waals surface area contributed by atoms with Crippen LogP contribution in [0.25, 0.3) is 6.08 Å². The second kappa shape index (κ2) is 5.05. The summed E-state index contributed by atoms with van der Waals surface area (Å²) in [5.74, 6) is 0. The average Bonchev–Trinajstić information content (AvgIpc) is 2.13. The predicted molar refractivity (Wildman–Crippen MR) is 59.1 cm³/mol. The molecule has 0 saturated heterocycles. The van der Waals surface area contributed by atoms with Crippen molar-refractivity contribution >= 4 is 17.7 Å². The summed E-state index contributed by atoms with van der Waals surface area (Å²) in [6.07, 6.45) is 4.09.